The third kappa shape index (κ3) is 3.63. The number of sulfonamides is 1. The summed E-state index contributed by atoms with van der Waals surface area (Å²) in [6, 6.07) is 5.76. The van der Waals surface area contributed by atoms with Crippen molar-refractivity contribution in [1.29, 1.82) is 0 Å². The average molecular weight is 264 g/mol. The molecule has 0 saturated carbocycles. The van der Waals surface area contributed by atoms with Gasteiger partial charge in [-0.05, 0) is 17.7 Å². The van der Waals surface area contributed by atoms with Crippen molar-refractivity contribution in [2.75, 3.05) is 0 Å². The molecular weight excluding hydrogens is 254 g/mol. The van der Waals surface area contributed by atoms with Crippen molar-refractivity contribution in [3.63, 3.8) is 0 Å². The molecule has 9 heteroatoms. The Hall–Kier alpha value is -0.840. The van der Waals surface area contributed by atoms with Crippen LogP contribution in [0.2, 0.25) is 0 Å². The maximum absolute atomic E-state index is 11.5. The lowest BCUT2D eigenvalue weighted by Crippen LogP contribution is -2.38. The van der Waals surface area contributed by atoms with Crippen molar-refractivity contribution in [2.24, 2.45) is 5.73 Å². The van der Waals surface area contributed by atoms with Crippen LogP contribution >= 0.6 is 0 Å². The van der Waals surface area contributed by atoms with E-state index < -0.39 is 21.3 Å². The standard InChI is InChI=1S/C7H11N3O4S2/c8-5-6-1-3-7(4-2-6)16(13,14)10-9-15(11)12/h1-4,9-10H,5,8H2,(H,11,12)/p-1. The van der Waals surface area contributed by atoms with Crippen molar-refractivity contribution in [1.82, 2.24) is 9.66 Å². The molecule has 4 N–H and O–H groups in total. The fraction of sp³-hybridized carbons (Fsp3) is 0.143. The number of hydrazine groups is 1. The predicted molar refractivity (Wildman–Crippen MR) is 56.7 cm³/mol. The van der Waals surface area contributed by atoms with Gasteiger partial charge in [0.05, 0.1) is 4.90 Å². The van der Waals surface area contributed by atoms with Gasteiger partial charge in [-0.2, -0.15) is 4.83 Å². The minimum Gasteiger partial charge on any atom is -0.759 e. The van der Waals surface area contributed by atoms with Crippen LogP contribution in [0.4, 0.5) is 0 Å². The van der Waals surface area contributed by atoms with Crippen molar-refractivity contribution in [3.05, 3.63) is 29.8 Å². The Morgan fingerprint density at radius 1 is 1.31 bits per heavy atom. The van der Waals surface area contributed by atoms with Crippen molar-refractivity contribution >= 4 is 21.3 Å². The zero-order valence-corrected chi connectivity index (χ0v) is 9.68. The molecule has 1 rings (SSSR count). The fourth-order valence-corrected chi connectivity index (χ4v) is 2.28. The van der Waals surface area contributed by atoms with Crippen LogP contribution in [0.25, 0.3) is 0 Å². The SMILES string of the molecule is NCc1ccc(S(=O)(=O)NNS(=O)[O-])cc1. The quantitative estimate of drug-likeness (QED) is 0.451. The Morgan fingerprint density at radius 3 is 2.31 bits per heavy atom. The molecule has 0 bridgehead atoms. The summed E-state index contributed by atoms with van der Waals surface area (Å²) < 4.78 is 43.2. The number of hydrogen-bond donors (Lipinski definition) is 3. The molecule has 1 atom stereocenters. The van der Waals surface area contributed by atoms with Crippen LogP contribution in [0, 0.1) is 0 Å². The normalized spacial score (nSPS) is 13.6. The number of benzene rings is 1. The van der Waals surface area contributed by atoms with Gasteiger partial charge >= 0.3 is 0 Å². The summed E-state index contributed by atoms with van der Waals surface area (Å²) in [6.45, 7) is 0.302. The Bertz CT molecular complexity index is 471. The van der Waals surface area contributed by atoms with Gasteiger partial charge in [0.2, 0.25) is 0 Å². The molecule has 0 fully saturated rings. The number of nitrogens with two attached hydrogens (primary N) is 1. The number of hydrogen-bond acceptors (Lipinski definition) is 5. The highest BCUT2D eigenvalue weighted by atomic mass is 32.2. The van der Waals surface area contributed by atoms with Crippen LogP contribution in [0.15, 0.2) is 29.2 Å². The minimum atomic E-state index is -3.88. The molecular formula is C7H10N3O4S2-. The molecule has 0 aliphatic carbocycles. The smallest absolute Gasteiger partial charge is 0.254 e. The first-order chi connectivity index (χ1) is 7.45. The van der Waals surface area contributed by atoms with Gasteiger partial charge in [-0.1, -0.05) is 12.1 Å². The first-order valence-electron chi connectivity index (χ1n) is 4.11. The third-order valence-electron chi connectivity index (χ3n) is 1.73. The summed E-state index contributed by atoms with van der Waals surface area (Å²) in [7, 11) is -3.88. The zero-order chi connectivity index (χ0) is 12.2. The maximum atomic E-state index is 11.5. The summed E-state index contributed by atoms with van der Waals surface area (Å²) in [6.07, 6.45) is 0. The third-order valence-corrected chi connectivity index (χ3v) is 3.39. The van der Waals surface area contributed by atoms with Crippen LogP contribution in [-0.2, 0) is 27.8 Å². The van der Waals surface area contributed by atoms with Gasteiger partial charge in [0, 0.05) is 17.8 Å². The van der Waals surface area contributed by atoms with E-state index >= 15 is 0 Å². The molecule has 7 nitrogen and oxygen atoms in total. The van der Waals surface area contributed by atoms with Gasteiger partial charge in [0.1, 0.15) is 0 Å². The number of nitrogens with one attached hydrogen (secondary N) is 2. The highest BCUT2D eigenvalue weighted by Gasteiger charge is 2.12. The van der Waals surface area contributed by atoms with Gasteiger partial charge in [-0.25, -0.2) is 8.42 Å². The largest absolute Gasteiger partial charge is 0.759 e. The minimum absolute atomic E-state index is 0.0531. The van der Waals surface area contributed by atoms with E-state index in [-0.39, 0.29) is 4.90 Å². The molecule has 1 aromatic carbocycles. The van der Waals surface area contributed by atoms with Crippen LogP contribution in [0.3, 0.4) is 0 Å². The fourth-order valence-electron chi connectivity index (χ4n) is 0.952. The second kappa shape index (κ2) is 5.48. The molecule has 0 amide bonds. The zero-order valence-electron chi connectivity index (χ0n) is 8.04. The van der Waals surface area contributed by atoms with Crippen LogP contribution in [-0.4, -0.2) is 17.2 Å². The van der Waals surface area contributed by atoms with E-state index in [9.17, 15) is 17.2 Å². The van der Waals surface area contributed by atoms with Crippen molar-refractivity contribution in [3.8, 4) is 0 Å². The van der Waals surface area contributed by atoms with Gasteiger partial charge in [0.15, 0.2) is 0 Å². The highest BCUT2D eigenvalue weighted by Crippen LogP contribution is 2.09. The molecule has 0 aliphatic heterocycles. The second-order valence-corrected chi connectivity index (χ2v) is 5.15. The summed E-state index contributed by atoms with van der Waals surface area (Å²) in [5, 5.41) is 0. The van der Waals surface area contributed by atoms with Crippen LogP contribution in [0.5, 0.6) is 0 Å². The highest BCUT2D eigenvalue weighted by molar-refractivity contribution is 7.90. The van der Waals surface area contributed by atoms with Crippen LogP contribution in [0.1, 0.15) is 5.56 Å². The van der Waals surface area contributed by atoms with Gasteiger partial charge in [0.25, 0.3) is 10.0 Å². The lowest BCUT2D eigenvalue weighted by Gasteiger charge is -2.09. The summed E-state index contributed by atoms with van der Waals surface area (Å²) >= 11 is -2.70. The molecule has 0 aromatic heterocycles. The molecule has 1 unspecified atom stereocenters. The Balaban J connectivity index is 2.85. The Labute approximate surface area is 95.5 Å². The molecule has 0 aliphatic rings. The molecule has 0 saturated heterocycles. The molecule has 0 radical (unpaired) electrons. The van der Waals surface area contributed by atoms with Crippen molar-refractivity contribution in [2.45, 2.75) is 11.4 Å². The first kappa shape index (κ1) is 13.2. The average Bonchev–Trinajstić information content (AvgIpc) is 2.27. The van der Waals surface area contributed by atoms with E-state index in [1.807, 2.05) is 0 Å². The molecule has 1 aromatic rings. The van der Waals surface area contributed by atoms with Gasteiger partial charge in [-0.3, -0.25) is 4.21 Å². The lowest BCUT2D eigenvalue weighted by atomic mass is 10.2. The van der Waals surface area contributed by atoms with Gasteiger partial charge < -0.3 is 10.3 Å². The second-order valence-electron chi connectivity index (χ2n) is 2.79. The molecule has 90 valence electrons. The topological polar surface area (TPSA) is 124 Å². The molecule has 0 heterocycles. The first-order valence-corrected chi connectivity index (χ1v) is 6.67. The maximum Gasteiger partial charge on any atom is 0.254 e. The van der Waals surface area contributed by atoms with E-state index in [0.29, 0.717) is 6.54 Å². The monoisotopic (exact) mass is 264 g/mol. The Kier molecular flexibility index (Phi) is 4.53. The summed E-state index contributed by atoms with van der Waals surface area (Å²) in [5.41, 5.74) is 6.13. The Morgan fingerprint density at radius 2 is 1.88 bits per heavy atom. The molecule has 0 spiro atoms. The predicted octanol–water partition coefficient (Wildman–Crippen LogP) is -1.28. The van der Waals surface area contributed by atoms with E-state index in [2.05, 4.69) is 0 Å². The summed E-state index contributed by atoms with van der Waals surface area (Å²) in [4.78, 5) is 3.20. The van der Waals surface area contributed by atoms with E-state index in [0.717, 1.165) is 5.56 Å². The lowest BCUT2D eigenvalue weighted by molar-refractivity contribution is 0.514. The van der Waals surface area contributed by atoms with Gasteiger partial charge in [-0.15, -0.1) is 4.83 Å². The number of rotatable bonds is 5. The van der Waals surface area contributed by atoms with E-state index in [1.165, 1.54) is 12.1 Å². The van der Waals surface area contributed by atoms with E-state index in [1.54, 1.807) is 21.8 Å². The van der Waals surface area contributed by atoms with Crippen LogP contribution < -0.4 is 15.4 Å². The van der Waals surface area contributed by atoms with Crippen molar-refractivity contribution < 1.29 is 17.2 Å². The molecule has 16 heavy (non-hydrogen) atoms. The summed E-state index contributed by atoms with van der Waals surface area (Å²) in [5.74, 6) is 0. The van der Waals surface area contributed by atoms with E-state index in [4.69, 9.17) is 5.73 Å².